The normalized spacial score (nSPS) is 21.2. The lowest BCUT2D eigenvalue weighted by Crippen LogP contribution is -2.18. The molecule has 0 heterocycles. The molecule has 1 unspecified atom stereocenters. The summed E-state index contributed by atoms with van der Waals surface area (Å²) in [6, 6.07) is 0. The summed E-state index contributed by atoms with van der Waals surface area (Å²) in [5, 5.41) is 10.4. The van der Waals surface area contributed by atoms with Crippen LogP contribution in [0.4, 0.5) is 0 Å². The zero-order valence-corrected chi connectivity index (χ0v) is 21.4. The minimum Gasteiger partial charge on any atom is -0.469 e. The predicted octanol–water partition coefficient (Wildman–Crippen LogP) is 7.88. The maximum absolute atomic E-state index is 11.1. The molecule has 178 valence electrons. The molecule has 0 spiro atoms. The van der Waals surface area contributed by atoms with E-state index >= 15 is 0 Å². The minimum atomic E-state index is -0.199. The van der Waals surface area contributed by atoms with E-state index < -0.39 is 0 Å². The quantitative estimate of drug-likeness (QED) is 0.197. The van der Waals surface area contributed by atoms with Crippen LogP contribution in [-0.4, -0.2) is 24.3 Å². The molecule has 3 atom stereocenters. The van der Waals surface area contributed by atoms with Crippen LogP contribution in [0.3, 0.4) is 0 Å². The van der Waals surface area contributed by atoms with E-state index in [9.17, 15) is 9.90 Å². The van der Waals surface area contributed by atoms with Crippen LogP contribution in [-0.2, 0) is 9.53 Å². The lowest BCUT2D eigenvalue weighted by Gasteiger charge is -2.23. The molecule has 1 saturated carbocycles. The van der Waals surface area contributed by atoms with Crippen molar-refractivity contribution in [3.63, 3.8) is 0 Å². The average Bonchev–Trinajstić information content (AvgIpc) is 3.11. The maximum atomic E-state index is 11.1. The first-order valence-electron chi connectivity index (χ1n) is 12.5. The van der Waals surface area contributed by atoms with Gasteiger partial charge in [-0.1, -0.05) is 92.0 Å². The highest BCUT2D eigenvalue weighted by Crippen LogP contribution is 2.37. The standard InChI is InChI=1S/C23H40O3.2C2H6/c1-5-6-11-17-23(2,3)18-16-20-19(14-15-21(20)24)12-9-7-8-10-13-22(25)26-4;2*1-2/h7,9,16,18-21,24H,5-6,8,10-15,17H2,1-4H3;2*1-2H3/b9-7-,18-16+;;/t19-,20?,21+;;/m0../s1. The van der Waals surface area contributed by atoms with Crippen molar-refractivity contribution in [2.24, 2.45) is 17.3 Å². The summed E-state index contributed by atoms with van der Waals surface area (Å²) in [5.41, 5.74) is 0.214. The van der Waals surface area contributed by atoms with E-state index in [-0.39, 0.29) is 23.4 Å². The number of esters is 1. The van der Waals surface area contributed by atoms with Crippen LogP contribution in [0.5, 0.6) is 0 Å². The maximum Gasteiger partial charge on any atom is 0.305 e. The average molecular weight is 425 g/mol. The Labute approximate surface area is 188 Å². The Morgan fingerprint density at radius 1 is 1.07 bits per heavy atom. The fourth-order valence-electron chi connectivity index (χ4n) is 3.79. The van der Waals surface area contributed by atoms with Crippen molar-refractivity contribution < 1.29 is 14.6 Å². The van der Waals surface area contributed by atoms with E-state index in [1.807, 2.05) is 27.7 Å². The number of carbonyl (C=O) groups excluding carboxylic acids is 1. The molecule has 0 aromatic heterocycles. The van der Waals surface area contributed by atoms with Gasteiger partial charge in [0.25, 0.3) is 0 Å². The molecule has 3 heteroatoms. The molecule has 1 fully saturated rings. The summed E-state index contributed by atoms with van der Waals surface area (Å²) >= 11 is 0. The van der Waals surface area contributed by atoms with Crippen molar-refractivity contribution in [3.8, 4) is 0 Å². The lowest BCUT2D eigenvalue weighted by atomic mass is 9.83. The van der Waals surface area contributed by atoms with E-state index in [1.165, 1.54) is 32.8 Å². The fourth-order valence-corrected chi connectivity index (χ4v) is 3.79. The molecule has 1 rings (SSSR count). The van der Waals surface area contributed by atoms with Crippen molar-refractivity contribution >= 4 is 5.97 Å². The van der Waals surface area contributed by atoms with Gasteiger partial charge in [-0.15, -0.1) is 0 Å². The highest BCUT2D eigenvalue weighted by atomic mass is 16.5. The van der Waals surface area contributed by atoms with Crippen molar-refractivity contribution in [2.45, 2.75) is 119 Å². The molecular weight excluding hydrogens is 372 g/mol. The van der Waals surface area contributed by atoms with E-state index in [0.29, 0.717) is 12.3 Å². The topological polar surface area (TPSA) is 46.5 Å². The van der Waals surface area contributed by atoms with Gasteiger partial charge >= 0.3 is 5.97 Å². The van der Waals surface area contributed by atoms with Crippen molar-refractivity contribution in [1.29, 1.82) is 0 Å². The third-order valence-corrected chi connectivity index (χ3v) is 5.60. The van der Waals surface area contributed by atoms with E-state index in [2.05, 4.69) is 49.8 Å². The van der Waals surface area contributed by atoms with Gasteiger partial charge in [0.15, 0.2) is 0 Å². The van der Waals surface area contributed by atoms with Crippen LogP contribution in [0.2, 0.25) is 0 Å². The Kier molecular flexibility index (Phi) is 20.6. The Morgan fingerprint density at radius 3 is 2.33 bits per heavy atom. The molecule has 1 aliphatic carbocycles. The molecule has 3 nitrogen and oxygen atoms in total. The minimum absolute atomic E-state index is 0.135. The summed E-state index contributed by atoms with van der Waals surface area (Å²) in [7, 11) is 1.43. The van der Waals surface area contributed by atoms with Crippen LogP contribution in [0.25, 0.3) is 0 Å². The van der Waals surface area contributed by atoms with E-state index in [4.69, 9.17) is 0 Å². The summed E-state index contributed by atoms with van der Waals surface area (Å²) in [4.78, 5) is 11.1. The Morgan fingerprint density at radius 2 is 1.73 bits per heavy atom. The largest absolute Gasteiger partial charge is 0.469 e. The molecule has 0 bridgehead atoms. The van der Waals surface area contributed by atoms with Gasteiger partial charge in [0.1, 0.15) is 0 Å². The molecule has 1 aliphatic rings. The number of hydrogen-bond donors (Lipinski definition) is 1. The van der Waals surface area contributed by atoms with Crippen molar-refractivity contribution in [1.82, 2.24) is 0 Å². The van der Waals surface area contributed by atoms with Gasteiger partial charge in [0, 0.05) is 12.3 Å². The third-order valence-electron chi connectivity index (χ3n) is 5.60. The second-order valence-electron chi connectivity index (χ2n) is 8.46. The smallest absolute Gasteiger partial charge is 0.305 e. The Hall–Kier alpha value is -1.09. The summed E-state index contributed by atoms with van der Waals surface area (Å²) in [5.74, 6) is 0.675. The first kappa shape index (κ1) is 31.1. The number of carbonyl (C=O) groups is 1. The van der Waals surface area contributed by atoms with Gasteiger partial charge in [-0.2, -0.15) is 0 Å². The molecule has 0 aliphatic heterocycles. The van der Waals surface area contributed by atoms with Gasteiger partial charge in [0.2, 0.25) is 0 Å². The molecule has 0 aromatic rings. The van der Waals surface area contributed by atoms with Crippen LogP contribution in [0, 0.1) is 17.3 Å². The number of ether oxygens (including phenoxy) is 1. The molecule has 0 aromatic carbocycles. The van der Waals surface area contributed by atoms with Gasteiger partial charge < -0.3 is 9.84 Å². The van der Waals surface area contributed by atoms with Crippen LogP contribution in [0.1, 0.15) is 113 Å². The zero-order valence-electron chi connectivity index (χ0n) is 21.4. The fraction of sp³-hybridized carbons (Fsp3) is 0.815. The van der Waals surface area contributed by atoms with Gasteiger partial charge in [-0.25, -0.2) is 0 Å². The van der Waals surface area contributed by atoms with Crippen molar-refractivity contribution in [2.75, 3.05) is 7.11 Å². The van der Waals surface area contributed by atoms with Gasteiger partial charge in [-0.05, 0) is 49.9 Å². The second kappa shape index (κ2) is 19.8. The van der Waals surface area contributed by atoms with Gasteiger partial charge in [-0.3, -0.25) is 4.79 Å². The zero-order chi connectivity index (χ0) is 23.4. The number of hydrogen-bond acceptors (Lipinski definition) is 3. The first-order chi connectivity index (χ1) is 14.4. The highest BCUT2D eigenvalue weighted by molar-refractivity contribution is 5.69. The molecule has 30 heavy (non-hydrogen) atoms. The number of allylic oxidation sites excluding steroid dienone is 3. The Bertz CT molecular complexity index is 451. The SMILES string of the molecule is CC.CC.CCCCCC(C)(C)/C=C/C1[C@@H](C/C=C\CCCC(=O)OC)CC[C@H]1O. The summed E-state index contributed by atoms with van der Waals surface area (Å²) in [6.45, 7) is 14.8. The van der Waals surface area contributed by atoms with Crippen LogP contribution < -0.4 is 0 Å². The number of unbranched alkanes of at least 4 members (excludes halogenated alkanes) is 3. The molecule has 1 N–H and O–H groups in total. The van der Waals surface area contributed by atoms with Gasteiger partial charge in [0.05, 0.1) is 13.2 Å². The van der Waals surface area contributed by atoms with Crippen LogP contribution >= 0.6 is 0 Å². The number of rotatable bonds is 12. The molecule has 0 amide bonds. The third kappa shape index (κ3) is 14.8. The first-order valence-corrected chi connectivity index (χ1v) is 12.5. The number of aliphatic hydroxyl groups excluding tert-OH is 1. The summed E-state index contributed by atoms with van der Waals surface area (Å²) < 4.78 is 4.65. The Balaban J connectivity index is 0. The highest BCUT2D eigenvalue weighted by Gasteiger charge is 2.32. The molecule has 0 saturated heterocycles. The number of methoxy groups -OCH3 is 1. The molecule has 0 radical (unpaired) electrons. The van der Waals surface area contributed by atoms with Crippen LogP contribution in [0.15, 0.2) is 24.3 Å². The molecular formula is C27H52O3. The van der Waals surface area contributed by atoms with E-state index in [0.717, 1.165) is 32.1 Å². The van der Waals surface area contributed by atoms with E-state index in [1.54, 1.807) is 0 Å². The number of aliphatic hydroxyl groups is 1. The monoisotopic (exact) mass is 424 g/mol. The second-order valence-corrected chi connectivity index (χ2v) is 8.46. The van der Waals surface area contributed by atoms with Crippen molar-refractivity contribution in [3.05, 3.63) is 24.3 Å². The summed E-state index contributed by atoms with van der Waals surface area (Å²) in [6.07, 6.45) is 19.1. The lowest BCUT2D eigenvalue weighted by molar-refractivity contribution is -0.140. The predicted molar refractivity (Wildman–Crippen MR) is 132 cm³/mol.